The zero-order valence-electron chi connectivity index (χ0n) is 14.6. The number of rotatable bonds is 7. The van der Waals surface area contributed by atoms with Gasteiger partial charge in [0, 0.05) is 25.6 Å². The minimum atomic E-state index is -0.359. The van der Waals surface area contributed by atoms with E-state index in [0.29, 0.717) is 37.6 Å². The van der Waals surface area contributed by atoms with Gasteiger partial charge in [-0.15, -0.1) is 0 Å². The fourth-order valence-electron chi connectivity index (χ4n) is 3.34. The van der Waals surface area contributed by atoms with Crippen LogP contribution in [0.4, 0.5) is 0 Å². The first kappa shape index (κ1) is 16.6. The number of carbonyl (C=O) groups excluding carboxylic acids is 1. The van der Waals surface area contributed by atoms with Crippen molar-refractivity contribution in [2.24, 2.45) is 0 Å². The second-order valence-electron chi connectivity index (χ2n) is 6.83. The number of fused-ring (bicyclic) bond motifs is 1. The number of aromatic nitrogens is 1. The molecule has 1 amide bonds. The van der Waals surface area contributed by atoms with E-state index in [-0.39, 0.29) is 11.7 Å². The highest BCUT2D eigenvalue weighted by Gasteiger charge is 2.32. The van der Waals surface area contributed by atoms with Crippen molar-refractivity contribution in [2.75, 3.05) is 0 Å². The number of oxazole rings is 1. The van der Waals surface area contributed by atoms with E-state index in [1.165, 1.54) is 0 Å². The van der Waals surface area contributed by atoms with Crippen LogP contribution in [-0.2, 0) is 17.9 Å². The molecule has 1 fully saturated rings. The standard InChI is InChI=1S/C21H22N2O3/c24-20(23(17-12-13-17)15-16-7-2-1-3-8-16)11-6-14-22-18-9-4-5-10-19(18)26-21(22)25/h1-5,7-10,17H,6,11-15H2. The largest absolute Gasteiger partial charge is 0.419 e. The highest BCUT2D eigenvalue weighted by atomic mass is 16.4. The Kier molecular flexibility index (Phi) is 4.61. The third-order valence-corrected chi connectivity index (χ3v) is 4.85. The average Bonchev–Trinajstić information content (AvgIpc) is 3.45. The number of para-hydroxylation sites is 2. The maximum atomic E-state index is 12.7. The maximum Gasteiger partial charge on any atom is 0.419 e. The first-order valence-corrected chi connectivity index (χ1v) is 9.14. The summed E-state index contributed by atoms with van der Waals surface area (Å²) in [5, 5.41) is 0. The smallest absolute Gasteiger partial charge is 0.408 e. The lowest BCUT2D eigenvalue weighted by Crippen LogP contribution is -2.32. The normalized spacial score (nSPS) is 13.8. The van der Waals surface area contributed by atoms with E-state index in [4.69, 9.17) is 4.42 Å². The van der Waals surface area contributed by atoms with Gasteiger partial charge in [-0.25, -0.2) is 4.79 Å². The van der Waals surface area contributed by atoms with Gasteiger partial charge >= 0.3 is 5.76 Å². The molecule has 0 saturated heterocycles. The molecule has 0 bridgehead atoms. The molecule has 1 aliphatic carbocycles. The van der Waals surface area contributed by atoms with Gasteiger partial charge in [0.15, 0.2) is 5.58 Å². The summed E-state index contributed by atoms with van der Waals surface area (Å²) in [6.45, 7) is 1.16. The van der Waals surface area contributed by atoms with Crippen LogP contribution in [0.15, 0.2) is 63.8 Å². The van der Waals surface area contributed by atoms with Crippen molar-refractivity contribution in [3.63, 3.8) is 0 Å². The Balaban J connectivity index is 1.39. The van der Waals surface area contributed by atoms with Gasteiger partial charge in [0.25, 0.3) is 0 Å². The van der Waals surface area contributed by atoms with Crippen molar-refractivity contribution in [2.45, 2.75) is 44.8 Å². The molecule has 1 aliphatic rings. The molecule has 0 radical (unpaired) electrons. The van der Waals surface area contributed by atoms with E-state index in [9.17, 15) is 9.59 Å². The van der Waals surface area contributed by atoms with E-state index >= 15 is 0 Å². The molecule has 0 spiro atoms. The maximum absolute atomic E-state index is 12.7. The lowest BCUT2D eigenvalue weighted by molar-refractivity contribution is -0.132. The number of hydrogen-bond donors (Lipinski definition) is 0. The van der Waals surface area contributed by atoms with Crippen LogP contribution in [0.5, 0.6) is 0 Å². The third kappa shape index (κ3) is 3.57. The molecule has 2 aromatic carbocycles. The van der Waals surface area contributed by atoms with E-state index in [1.807, 2.05) is 41.3 Å². The van der Waals surface area contributed by atoms with Gasteiger partial charge in [0.1, 0.15) is 0 Å². The fourth-order valence-corrected chi connectivity index (χ4v) is 3.34. The SMILES string of the molecule is O=C(CCCn1c(=O)oc2ccccc21)N(Cc1ccccc1)C1CC1. The van der Waals surface area contributed by atoms with Crippen LogP contribution in [0, 0.1) is 0 Å². The number of aryl methyl sites for hydroxylation is 1. The second kappa shape index (κ2) is 7.20. The number of hydrogen-bond acceptors (Lipinski definition) is 3. The highest BCUT2D eigenvalue weighted by Crippen LogP contribution is 2.29. The summed E-state index contributed by atoms with van der Waals surface area (Å²) < 4.78 is 6.86. The summed E-state index contributed by atoms with van der Waals surface area (Å²) in [4.78, 5) is 26.7. The number of carbonyl (C=O) groups is 1. The zero-order valence-corrected chi connectivity index (χ0v) is 14.6. The van der Waals surface area contributed by atoms with Crippen LogP contribution in [-0.4, -0.2) is 21.4 Å². The molecular weight excluding hydrogens is 328 g/mol. The third-order valence-electron chi connectivity index (χ3n) is 4.85. The van der Waals surface area contributed by atoms with Gasteiger partial charge in [0.05, 0.1) is 5.52 Å². The molecule has 0 unspecified atom stereocenters. The van der Waals surface area contributed by atoms with Gasteiger partial charge < -0.3 is 9.32 Å². The van der Waals surface area contributed by atoms with E-state index in [2.05, 4.69) is 12.1 Å². The molecule has 1 aromatic heterocycles. The fraction of sp³-hybridized carbons (Fsp3) is 0.333. The predicted octanol–water partition coefficient (Wildman–Crippen LogP) is 3.57. The Morgan fingerprint density at radius 3 is 2.58 bits per heavy atom. The Hall–Kier alpha value is -2.82. The quantitative estimate of drug-likeness (QED) is 0.655. The summed E-state index contributed by atoms with van der Waals surface area (Å²) >= 11 is 0. The van der Waals surface area contributed by atoms with Gasteiger partial charge in [0.2, 0.25) is 5.91 Å². The van der Waals surface area contributed by atoms with Crippen LogP contribution in [0.3, 0.4) is 0 Å². The van der Waals surface area contributed by atoms with Gasteiger partial charge in [-0.1, -0.05) is 42.5 Å². The van der Waals surface area contributed by atoms with Crippen LogP contribution in [0.2, 0.25) is 0 Å². The van der Waals surface area contributed by atoms with Gasteiger partial charge in [-0.3, -0.25) is 9.36 Å². The average molecular weight is 350 g/mol. The first-order valence-electron chi connectivity index (χ1n) is 9.14. The number of amides is 1. The van der Waals surface area contributed by atoms with Crippen molar-refractivity contribution in [1.29, 1.82) is 0 Å². The Morgan fingerprint density at radius 2 is 1.81 bits per heavy atom. The summed E-state index contributed by atoms with van der Waals surface area (Å²) in [5.74, 6) is -0.195. The number of benzene rings is 2. The molecular formula is C21H22N2O3. The Morgan fingerprint density at radius 1 is 1.08 bits per heavy atom. The monoisotopic (exact) mass is 350 g/mol. The topological polar surface area (TPSA) is 55.5 Å². The van der Waals surface area contributed by atoms with E-state index < -0.39 is 0 Å². The van der Waals surface area contributed by atoms with Gasteiger partial charge in [-0.2, -0.15) is 0 Å². The zero-order chi connectivity index (χ0) is 17.9. The summed E-state index contributed by atoms with van der Waals surface area (Å²) in [7, 11) is 0. The van der Waals surface area contributed by atoms with Crippen LogP contribution in [0.25, 0.3) is 11.1 Å². The minimum Gasteiger partial charge on any atom is -0.408 e. The molecule has 1 heterocycles. The van der Waals surface area contributed by atoms with Crippen LogP contribution >= 0.6 is 0 Å². The molecule has 26 heavy (non-hydrogen) atoms. The second-order valence-corrected chi connectivity index (χ2v) is 6.83. The Bertz CT molecular complexity index is 954. The molecule has 1 saturated carbocycles. The molecule has 4 rings (SSSR count). The summed E-state index contributed by atoms with van der Waals surface area (Å²) in [6.07, 6.45) is 3.24. The Labute approximate surface area is 151 Å². The van der Waals surface area contributed by atoms with Crippen molar-refractivity contribution < 1.29 is 9.21 Å². The van der Waals surface area contributed by atoms with Crippen molar-refractivity contribution in [1.82, 2.24) is 9.47 Å². The molecule has 5 heteroatoms. The van der Waals surface area contributed by atoms with E-state index in [1.54, 1.807) is 10.6 Å². The van der Waals surface area contributed by atoms with Crippen LogP contribution < -0.4 is 5.76 Å². The molecule has 0 atom stereocenters. The highest BCUT2D eigenvalue weighted by molar-refractivity contribution is 5.77. The lowest BCUT2D eigenvalue weighted by Gasteiger charge is -2.22. The minimum absolute atomic E-state index is 0.164. The molecule has 134 valence electrons. The summed E-state index contributed by atoms with van der Waals surface area (Å²) in [6, 6.07) is 17.9. The molecule has 3 aromatic rings. The van der Waals surface area contributed by atoms with Gasteiger partial charge in [-0.05, 0) is 37.0 Å². The lowest BCUT2D eigenvalue weighted by atomic mass is 10.2. The summed E-state index contributed by atoms with van der Waals surface area (Å²) in [5.41, 5.74) is 2.53. The molecule has 0 N–H and O–H groups in total. The van der Waals surface area contributed by atoms with Crippen molar-refractivity contribution in [3.8, 4) is 0 Å². The first-order chi connectivity index (χ1) is 12.7. The van der Waals surface area contributed by atoms with E-state index in [0.717, 1.165) is 23.9 Å². The molecule has 5 nitrogen and oxygen atoms in total. The van der Waals surface area contributed by atoms with Crippen molar-refractivity contribution >= 4 is 17.0 Å². The number of nitrogens with zero attached hydrogens (tertiary/aromatic N) is 2. The van der Waals surface area contributed by atoms with Crippen molar-refractivity contribution in [3.05, 3.63) is 70.7 Å². The molecule has 0 aliphatic heterocycles. The van der Waals surface area contributed by atoms with Crippen LogP contribution in [0.1, 0.15) is 31.2 Å². The predicted molar refractivity (Wildman–Crippen MR) is 99.7 cm³/mol.